The van der Waals surface area contributed by atoms with Gasteiger partial charge in [-0.05, 0) is 13.8 Å². The second-order valence-electron chi connectivity index (χ2n) is 2.99. The molecule has 0 aromatic carbocycles. The van der Waals surface area contributed by atoms with E-state index in [1.54, 1.807) is 13.1 Å². The molecule has 68 valence electrons. The van der Waals surface area contributed by atoms with Gasteiger partial charge in [0.1, 0.15) is 5.65 Å². The lowest BCUT2D eigenvalue weighted by Gasteiger charge is -2.00. The largest absolute Gasteiger partial charge is 0.493 e. The number of nitrogens with zero attached hydrogens (tertiary/aromatic N) is 2. The van der Waals surface area contributed by atoms with Crippen LogP contribution in [-0.4, -0.2) is 19.7 Å². The van der Waals surface area contributed by atoms with Crippen LogP contribution in [0.15, 0.2) is 11.0 Å². The van der Waals surface area contributed by atoms with Crippen molar-refractivity contribution in [2.24, 2.45) is 0 Å². The van der Waals surface area contributed by atoms with Gasteiger partial charge in [0.15, 0.2) is 0 Å². The molecule has 0 fully saturated rings. The van der Waals surface area contributed by atoms with Crippen LogP contribution in [0.25, 0.3) is 5.65 Å². The van der Waals surface area contributed by atoms with Crippen LogP contribution < -0.4 is 5.56 Å². The Balaban J connectivity index is 3.05. The number of aromatic nitrogens is 3. The molecule has 0 atom stereocenters. The molecule has 0 unspecified atom stereocenters. The quantitative estimate of drug-likeness (QED) is 0.612. The summed E-state index contributed by atoms with van der Waals surface area (Å²) in [5.74, 6) is -0.105. The van der Waals surface area contributed by atoms with E-state index in [0.717, 1.165) is 5.56 Å². The highest BCUT2D eigenvalue weighted by atomic mass is 16.3. The maximum atomic E-state index is 11.2. The van der Waals surface area contributed by atoms with Gasteiger partial charge in [-0.2, -0.15) is 9.61 Å². The molecular weight excluding hydrogens is 170 g/mol. The number of aromatic amines is 1. The molecule has 0 amide bonds. The van der Waals surface area contributed by atoms with Gasteiger partial charge in [-0.25, -0.2) is 0 Å². The first-order chi connectivity index (χ1) is 6.11. The summed E-state index contributed by atoms with van der Waals surface area (Å²) < 4.78 is 1.31. The lowest BCUT2D eigenvalue weighted by Crippen LogP contribution is -2.12. The van der Waals surface area contributed by atoms with Crippen molar-refractivity contribution in [2.75, 3.05) is 0 Å². The van der Waals surface area contributed by atoms with Gasteiger partial charge in [-0.15, -0.1) is 0 Å². The minimum absolute atomic E-state index is 0.105. The van der Waals surface area contributed by atoms with Gasteiger partial charge < -0.3 is 10.1 Å². The highest BCUT2D eigenvalue weighted by Crippen LogP contribution is 2.14. The Bertz CT molecular complexity index is 524. The topological polar surface area (TPSA) is 70.4 Å². The fourth-order valence-electron chi connectivity index (χ4n) is 1.20. The first-order valence-corrected chi connectivity index (χ1v) is 3.87. The molecule has 2 rings (SSSR count). The molecule has 5 nitrogen and oxygen atoms in total. The van der Waals surface area contributed by atoms with E-state index >= 15 is 0 Å². The molecule has 2 heterocycles. The summed E-state index contributed by atoms with van der Waals surface area (Å²) in [6.07, 6.45) is 1.59. The normalized spacial score (nSPS) is 10.9. The van der Waals surface area contributed by atoms with Crippen LogP contribution in [0.1, 0.15) is 11.1 Å². The van der Waals surface area contributed by atoms with E-state index in [9.17, 15) is 9.90 Å². The van der Waals surface area contributed by atoms with Crippen LogP contribution >= 0.6 is 0 Å². The van der Waals surface area contributed by atoms with Crippen molar-refractivity contribution in [3.05, 3.63) is 27.7 Å². The second-order valence-corrected chi connectivity index (χ2v) is 2.99. The molecule has 5 heteroatoms. The standard InChI is InChI=1S/C8H9N3O2/c1-4-3-9-11-6(4)10-7(12)5(2)8(11)13/h3,13H,1-2H3,(H,10,12). The van der Waals surface area contributed by atoms with Crippen LogP contribution in [0.4, 0.5) is 0 Å². The Hall–Kier alpha value is -1.78. The van der Waals surface area contributed by atoms with Crippen molar-refractivity contribution in [3.8, 4) is 5.88 Å². The summed E-state index contributed by atoms with van der Waals surface area (Å²) in [4.78, 5) is 13.9. The summed E-state index contributed by atoms with van der Waals surface area (Å²) in [5, 5.41) is 13.4. The van der Waals surface area contributed by atoms with Crippen LogP contribution in [0, 0.1) is 13.8 Å². The van der Waals surface area contributed by atoms with E-state index in [0.29, 0.717) is 5.65 Å². The third-order valence-corrected chi connectivity index (χ3v) is 2.06. The van der Waals surface area contributed by atoms with Crippen molar-refractivity contribution < 1.29 is 5.11 Å². The van der Waals surface area contributed by atoms with Gasteiger partial charge in [0.05, 0.1) is 11.8 Å². The minimum Gasteiger partial charge on any atom is -0.493 e. The van der Waals surface area contributed by atoms with Gasteiger partial charge in [0.2, 0.25) is 5.88 Å². The fraction of sp³-hybridized carbons (Fsp3) is 0.250. The number of aromatic hydroxyl groups is 1. The minimum atomic E-state index is -0.284. The number of aryl methyl sites for hydroxylation is 1. The highest BCUT2D eigenvalue weighted by molar-refractivity contribution is 5.48. The van der Waals surface area contributed by atoms with E-state index in [1.165, 1.54) is 4.52 Å². The number of rotatable bonds is 0. The smallest absolute Gasteiger partial charge is 0.257 e. The Morgan fingerprint density at radius 2 is 2.23 bits per heavy atom. The molecular formula is C8H9N3O2. The van der Waals surface area contributed by atoms with Crippen molar-refractivity contribution in [1.29, 1.82) is 0 Å². The molecule has 0 spiro atoms. The Labute approximate surface area is 73.6 Å². The monoisotopic (exact) mass is 179 g/mol. The van der Waals surface area contributed by atoms with E-state index < -0.39 is 0 Å². The number of hydrogen-bond donors (Lipinski definition) is 2. The van der Waals surface area contributed by atoms with E-state index in [-0.39, 0.29) is 17.0 Å². The first kappa shape index (κ1) is 7.85. The Morgan fingerprint density at radius 1 is 1.54 bits per heavy atom. The maximum absolute atomic E-state index is 11.2. The van der Waals surface area contributed by atoms with Crippen molar-refractivity contribution in [2.45, 2.75) is 13.8 Å². The zero-order chi connectivity index (χ0) is 9.59. The van der Waals surface area contributed by atoms with E-state index in [1.807, 2.05) is 6.92 Å². The van der Waals surface area contributed by atoms with Crippen LogP contribution in [-0.2, 0) is 0 Å². The van der Waals surface area contributed by atoms with Crippen LogP contribution in [0.3, 0.4) is 0 Å². The summed E-state index contributed by atoms with van der Waals surface area (Å²) in [6, 6.07) is 0. The van der Waals surface area contributed by atoms with Gasteiger partial charge in [0, 0.05) is 5.56 Å². The van der Waals surface area contributed by atoms with Crippen molar-refractivity contribution in [3.63, 3.8) is 0 Å². The molecule has 0 bridgehead atoms. The number of H-pyrrole nitrogens is 1. The second kappa shape index (κ2) is 2.35. The summed E-state index contributed by atoms with van der Waals surface area (Å²) >= 11 is 0. The molecule has 13 heavy (non-hydrogen) atoms. The summed E-state index contributed by atoms with van der Waals surface area (Å²) in [5.41, 5.74) is 1.35. The molecule has 0 aliphatic rings. The van der Waals surface area contributed by atoms with Gasteiger partial charge in [0.25, 0.3) is 5.56 Å². The third kappa shape index (κ3) is 0.932. The maximum Gasteiger partial charge on any atom is 0.257 e. The molecule has 0 saturated heterocycles. The zero-order valence-corrected chi connectivity index (χ0v) is 7.33. The fourth-order valence-corrected chi connectivity index (χ4v) is 1.20. The molecule has 2 aromatic rings. The number of nitrogens with one attached hydrogen (secondary N) is 1. The van der Waals surface area contributed by atoms with E-state index in [4.69, 9.17) is 0 Å². The van der Waals surface area contributed by atoms with Crippen molar-refractivity contribution in [1.82, 2.24) is 14.6 Å². The van der Waals surface area contributed by atoms with Gasteiger partial charge in [-0.3, -0.25) is 4.79 Å². The predicted molar refractivity (Wildman–Crippen MR) is 47.0 cm³/mol. The average Bonchev–Trinajstić information content (AvgIpc) is 2.45. The Morgan fingerprint density at radius 3 is 2.92 bits per heavy atom. The molecule has 0 saturated carbocycles. The molecule has 0 radical (unpaired) electrons. The van der Waals surface area contributed by atoms with Crippen LogP contribution in [0.5, 0.6) is 5.88 Å². The zero-order valence-electron chi connectivity index (χ0n) is 7.33. The first-order valence-electron chi connectivity index (χ1n) is 3.87. The van der Waals surface area contributed by atoms with Gasteiger partial charge >= 0.3 is 0 Å². The molecule has 0 aliphatic heterocycles. The summed E-state index contributed by atoms with van der Waals surface area (Å²) in [6.45, 7) is 3.36. The third-order valence-electron chi connectivity index (χ3n) is 2.06. The summed E-state index contributed by atoms with van der Waals surface area (Å²) in [7, 11) is 0. The number of fused-ring (bicyclic) bond motifs is 1. The number of hydrogen-bond acceptors (Lipinski definition) is 3. The SMILES string of the molecule is Cc1c(O)n2ncc(C)c2[nH]c1=O. The molecule has 2 N–H and O–H groups in total. The van der Waals surface area contributed by atoms with Gasteiger partial charge in [-0.1, -0.05) is 0 Å². The van der Waals surface area contributed by atoms with E-state index in [2.05, 4.69) is 10.1 Å². The molecule has 2 aromatic heterocycles. The average molecular weight is 179 g/mol. The lowest BCUT2D eigenvalue weighted by molar-refractivity contribution is 0.429. The highest BCUT2D eigenvalue weighted by Gasteiger charge is 2.09. The molecule has 0 aliphatic carbocycles. The van der Waals surface area contributed by atoms with Crippen LogP contribution in [0.2, 0.25) is 0 Å². The predicted octanol–water partition coefficient (Wildman–Crippen LogP) is 0.345. The lowest BCUT2D eigenvalue weighted by atomic mass is 10.3. The van der Waals surface area contributed by atoms with Crippen molar-refractivity contribution >= 4 is 5.65 Å². The Kier molecular flexibility index (Phi) is 1.42.